The van der Waals surface area contributed by atoms with Crippen molar-refractivity contribution < 1.29 is 14.5 Å². The largest absolute Gasteiger partial charge is 0.345 e. The first kappa shape index (κ1) is 16.5. The van der Waals surface area contributed by atoms with E-state index >= 15 is 0 Å². The van der Waals surface area contributed by atoms with Crippen LogP contribution in [0.4, 0.5) is 5.69 Å². The van der Waals surface area contributed by atoms with Gasteiger partial charge in [-0.15, -0.1) is 0 Å². The van der Waals surface area contributed by atoms with E-state index in [0.29, 0.717) is 18.0 Å². The molecule has 1 unspecified atom stereocenters. The van der Waals surface area contributed by atoms with Gasteiger partial charge in [0.25, 0.3) is 11.8 Å². The molecule has 2 rings (SSSR count). The second-order valence-corrected chi connectivity index (χ2v) is 6.45. The highest BCUT2D eigenvalue weighted by molar-refractivity contribution is 5.95. The van der Waals surface area contributed by atoms with Gasteiger partial charge in [-0.2, -0.15) is 0 Å². The first-order valence-electron chi connectivity index (χ1n) is 7.91. The summed E-state index contributed by atoms with van der Waals surface area (Å²) >= 11 is 0. The molecule has 1 aliphatic heterocycles. The van der Waals surface area contributed by atoms with Gasteiger partial charge in [-0.25, -0.2) is 0 Å². The molecule has 5 heteroatoms. The number of quaternary nitrogens is 1. The Kier molecular flexibility index (Phi) is 5.55. The number of carbonyl (C=O) groups is 2. The third-order valence-corrected chi connectivity index (χ3v) is 4.10. The number of rotatable bonds is 4. The molecule has 0 spiro atoms. The van der Waals surface area contributed by atoms with E-state index < -0.39 is 0 Å². The van der Waals surface area contributed by atoms with E-state index in [1.165, 1.54) is 22.6 Å². The molecule has 1 saturated heterocycles. The van der Waals surface area contributed by atoms with Gasteiger partial charge in [0.2, 0.25) is 0 Å². The number of nitrogens with one attached hydrogen (secondary N) is 2. The van der Waals surface area contributed by atoms with Crippen LogP contribution in [0.5, 0.6) is 0 Å². The van der Waals surface area contributed by atoms with Crippen molar-refractivity contribution in [1.29, 1.82) is 0 Å². The minimum atomic E-state index is -0.0374. The van der Waals surface area contributed by atoms with Crippen LogP contribution in [0.3, 0.4) is 0 Å². The van der Waals surface area contributed by atoms with Gasteiger partial charge in [-0.3, -0.25) is 9.59 Å². The zero-order valence-electron chi connectivity index (χ0n) is 13.7. The number of anilines is 1. The molecule has 1 aromatic rings. The number of amides is 2. The molecule has 120 valence electrons. The molecule has 5 nitrogen and oxygen atoms in total. The van der Waals surface area contributed by atoms with Crippen LogP contribution in [-0.2, 0) is 4.79 Å². The van der Waals surface area contributed by atoms with E-state index in [0.717, 1.165) is 18.8 Å². The number of likely N-dealkylation sites (tertiary alicyclic amines) is 1. The van der Waals surface area contributed by atoms with Crippen LogP contribution in [-0.4, -0.2) is 50.4 Å². The van der Waals surface area contributed by atoms with E-state index in [1.807, 2.05) is 0 Å². The van der Waals surface area contributed by atoms with Gasteiger partial charge in [-0.05, 0) is 37.1 Å². The Morgan fingerprint density at radius 3 is 2.55 bits per heavy atom. The zero-order valence-corrected chi connectivity index (χ0v) is 13.7. The molecular formula is C17H26N3O2+. The predicted octanol–water partition coefficient (Wildman–Crippen LogP) is 0.642. The van der Waals surface area contributed by atoms with E-state index in [1.54, 1.807) is 38.4 Å². The number of hydrogen-bond donors (Lipinski definition) is 2. The average Bonchev–Trinajstić information content (AvgIpc) is 2.47. The summed E-state index contributed by atoms with van der Waals surface area (Å²) < 4.78 is 0. The lowest BCUT2D eigenvalue weighted by molar-refractivity contribution is -0.900. The second kappa shape index (κ2) is 7.40. The van der Waals surface area contributed by atoms with Gasteiger partial charge in [0, 0.05) is 31.3 Å². The standard InChI is InChI=1S/C17H25N3O2/c1-13-5-4-10-20(11-13)12-16(21)18-15-8-6-14(7-9-15)17(22)19(2)3/h6-9,13H,4-5,10-12H2,1-3H3,(H,18,21)/p+1/t13-/m1/s1. The van der Waals surface area contributed by atoms with Crippen LogP contribution in [0.25, 0.3) is 0 Å². The quantitative estimate of drug-likeness (QED) is 0.858. The molecule has 1 heterocycles. The molecule has 2 amide bonds. The lowest BCUT2D eigenvalue weighted by Gasteiger charge is -2.27. The van der Waals surface area contributed by atoms with E-state index in [9.17, 15) is 9.59 Å². The molecule has 0 saturated carbocycles. The Hall–Kier alpha value is -1.88. The number of piperidine rings is 1. The third kappa shape index (κ3) is 4.56. The summed E-state index contributed by atoms with van der Waals surface area (Å²) in [5, 5.41) is 2.91. The molecule has 2 N–H and O–H groups in total. The van der Waals surface area contributed by atoms with Crippen molar-refractivity contribution in [3.05, 3.63) is 29.8 Å². The SMILES string of the molecule is C[C@@H]1CCC[NH+](CC(=O)Nc2ccc(C(=O)N(C)C)cc2)C1. The lowest BCUT2D eigenvalue weighted by Crippen LogP contribution is -3.14. The maximum Gasteiger partial charge on any atom is 0.279 e. The summed E-state index contributed by atoms with van der Waals surface area (Å²) in [4.78, 5) is 26.8. The van der Waals surface area contributed by atoms with Crippen molar-refractivity contribution in [3.63, 3.8) is 0 Å². The molecule has 0 bridgehead atoms. The number of carbonyl (C=O) groups excluding carboxylic acids is 2. The smallest absolute Gasteiger partial charge is 0.279 e. The van der Waals surface area contributed by atoms with E-state index in [2.05, 4.69) is 12.2 Å². The van der Waals surface area contributed by atoms with Crippen LogP contribution in [0.1, 0.15) is 30.1 Å². The second-order valence-electron chi connectivity index (χ2n) is 6.45. The van der Waals surface area contributed by atoms with E-state index in [-0.39, 0.29) is 11.8 Å². The molecule has 0 aromatic heterocycles. The number of benzene rings is 1. The van der Waals surface area contributed by atoms with Gasteiger partial charge in [0.1, 0.15) is 0 Å². The van der Waals surface area contributed by atoms with Crippen molar-refractivity contribution in [1.82, 2.24) is 4.90 Å². The van der Waals surface area contributed by atoms with Crippen LogP contribution in [0, 0.1) is 5.92 Å². The predicted molar refractivity (Wildman–Crippen MR) is 87.1 cm³/mol. The summed E-state index contributed by atoms with van der Waals surface area (Å²) in [6.45, 7) is 4.91. The first-order chi connectivity index (χ1) is 10.5. The molecule has 2 atom stereocenters. The topological polar surface area (TPSA) is 53.9 Å². The minimum Gasteiger partial charge on any atom is -0.345 e. The fraction of sp³-hybridized carbons (Fsp3) is 0.529. The monoisotopic (exact) mass is 304 g/mol. The summed E-state index contributed by atoms with van der Waals surface area (Å²) in [7, 11) is 3.45. The van der Waals surface area contributed by atoms with Gasteiger partial charge < -0.3 is 15.1 Å². The van der Waals surface area contributed by atoms with E-state index in [4.69, 9.17) is 0 Å². The normalized spacial score (nSPS) is 21.2. The Morgan fingerprint density at radius 1 is 1.27 bits per heavy atom. The van der Waals surface area contributed by atoms with Crippen molar-refractivity contribution in [2.75, 3.05) is 39.0 Å². The molecule has 22 heavy (non-hydrogen) atoms. The van der Waals surface area contributed by atoms with Gasteiger partial charge in [0.05, 0.1) is 13.1 Å². The summed E-state index contributed by atoms with van der Waals surface area (Å²) in [6, 6.07) is 7.05. The lowest BCUT2D eigenvalue weighted by atomic mass is 10.0. The van der Waals surface area contributed by atoms with Crippen LogP contribution in [0.2, 0.25) is 0 Å². The van der Waals surface area contributed by atoms with Crippen molar-refractivity contribution in [2.24, 2.45) is 5.92 Å². The maximum atomic E-state index is 12.1. The molecule has 0 aliphatic carbocycles. The number of nitrogens with zero attached hydrogens (tertiary/aromatic N) is 1. The Bertz CT molecular complexity index is 525. The van der Waals surface area contributed by atoms with Gasteiger partial charge >= 0.3 is 0 Å². The van der Waals surface area contributed by atoms with Gasteiger partial charge in [-0.1, -0.05) is 6.92 Å². The molecule has 1 aromatic carbocycles. The Labute approximate surface area is 132 Å². The first-order valence-corrected chi connectivity index (χ1v) is 7.91. The highest BCUT2D eigenvalue weighted by atomic mass is 16.2. The molecule has 0 radical (unpaired) electrons. The minimum absolute atomic E-state index is 0.0374. The number of hydrogen-bond acceptors (Lipinski definition) is 2. The molecular weight excluding hydrogens is 278 g/mol. The maximum absolute atomic E-state index is 12.1. The Morgan fingerprint density at radius 2 is 1.95 bits per heavy atom. The van der Waals surface area contributed by atoms with Crippen LogP contribution in [0.15, 0.2) is 24.3 Å². The van der Waals surface area contributed by atoms with Crippen molar-refractivity contribution in [3.8, 4) is 0 Å². The summed E-state index contributed by atoms with van der Waals surface area (Å²) in [5.41, 5.74) is 1.36. The third-order valence-electron chi connectivity index (χ3n) is 4.10. The Balaban J connectivity index is 1.87. The highest BCUT2D eigenvalue weighted by Crippen LogP contribution is 2.10. The van der Waals surface area contributed by atoms with Gasteiger partial charge in [0.15, 0.2) is 6.54 Å². The van der Waals surface area contributed by atoms with Crippen molar-refractivity contribution in [2.45, 2.75) is 19.8 Å². The summed E-state index contributed by atoms with van der Waals surface area (Å²) in [6.07, 6.45) is 2.47. The van der Waals surface area contributed by atoms with Crippen molar-refractivity contribution >= 4 is 17.5 Å². The van der Waals surface area contributed by atoms with Crippen LogP contribution < -0.4 is 10.2 Å². The molecule has 1 aliphatic rings. The molecule has 1 fully saturated rings. The summed E-state index contributed by atoms with van der Waals surface area (Å²) in [5.74, 6) is 0.702. The zero-order chi connectivity index (χ0) is 16.1. The highest BCUT2D eigenvalue weighted by Gasteiger charge is 2.21. The van der Waals surface area contributed by atoms with Crippen LogP contribution >= 0.6 is 0 Å². The fourth-order valence-corrected chi connectivity index (χ4v) is 2.94. The fourth-order valence-electron chi connectivity index (χ4n) is 2.94. The average molecular weight is 304 g/mol.